The Kier molecular flexibility index (Phi) is 7.88. The highest BCUT2D eigenvalue weighted by atomic mass is 16.4. The molecule has 1 aromatic heterocycles. The highest BCUT2D eigenvalue weighted by Crippen LogP contribution is 2.28. The third kappa shape index (κ3) is 6.55. The van der Waals surface area contributed by atoms with Gasteiger partial charge in [-0.25, -0.2) is 0 Å². The van der Waals surface area contributed by atoms with E-state index in [4.69, 9.17) is 9.52 Å². The number of carbonyl (C=O) groups excluding carboxylic acids is 2. The van der Waals surface area contributed by atoms with Gasteiger partial charge in [-0.1, -0.05) is 32.0 Å². The number of furan rings is 1. The molecule has 1 atom stereocenters. The zero-order valence-electron chi connectivity index (χ0n) is 20.7. The minimum atomic E-state index is -0.972. The molecule has 0 aliphatic carbocycles. The molecule has 0 radical (unpaired) electrons. The number of carboxylic acid groups (broad SMARTS) is 1. The van der Waals surface area contributed by atoms with Crippen molar-refractivity contribution in [3.05, 3.63) is 84.4 Å². The highest BCUT2D eigenvalue weighted by Gasteiger charge is 2.22. The van der Waals surface area contributed by atoms with Crippen LogP contribution in [0.5, 0.6) is 0 Å². The van der Waals surface area contributed by atoms with Gasteiger partial charge in [0.25, 0.3) is 5.91 Å². The fraction of sp³-hybridized carbons (Fsp3) is 0.207. The molecule has 4 aromatic rings. The Morgan fingerprint density at radius 2 is 1.57 bits per heavy atom. The van der Waals surface area contributed by atoms with Gasteiger partial charge < -0.3 is 25.5 Å². The van der Waals surface area contributed by atoms with Crippen LogP contribution in [-0.4, -0.2) is 35.5 Å². The summed E-state index contributed by atoms with van der Waals surface area (Å²) in [5.74, 6) is -0.743. The molecule has 3 aromatic carbocycles. The van der Waals surface area contributed by atoms with Crippen molar-refractivity contribution < 1.29 is 23.9 Å². The molecule has 0 saturated heterocycles. The summed E-state index contributed by atoms with van der Waals surface area (Å²) in [6.07, 6.45) is -0.140. The highest BCUT2D eigenvalue weighted by molar-refractivity contribution is 5.97. The van der Waals surface area contributed by atoms with Crippen molar-refractivity contribution in [2.75, 3.05) is 17.2 Å². The lowest BCUT2D eigenvalue weighted by molar-refractivity contribution is -0.136. The van der Waals surface area contributed by atoms with Gasteiger partial charge in [-0.2, -0.15) is 0 Å². The summed E-state index contributed by atoms with van der Waals surface area (Å²) < 4.78 is 5.92. The zero-order valence-corrected chi connectivity index (χ0v) is 20.7. The Hall–Kier alpha value is -4.59. The first-order valence-corrected chi connectivity index (χ1v) is 12.1. The van der Waals surface area contributed by atoms with Crippen LogP contribution in [0, 0.1) is 5.92 Å². The van der Waals surface area contributed by atoms with E-state index in [2.05, 4.69) is 16.0 Å². The van der Waals surface area contributed by atoms with Crippen LogP contribution in [0.2, 0.25) is 0 Å². The second-order valence-corrected chi connectivity index (χ2v) is 9.06. The number of rotatable bonds is 10. The van der Waals surface area contributed by atoms with Crippen molar-refractivity contribution >= 4 is 40.1 Å². The third-order valence-corrected chi connectivity index (χ3v) is 5.91. The number of hydrogen-bond donors (Lipinski definition) is 4. The molecule has 8 nitrogen and oxygen atoms in total. The molecule has 37 heavy (non-hydrogen) atoms. The summed E-state index contributed by atoms with van der Waals surface area (Å²) in [5, 5.41) is 18.5. The molecule has 1 heterocycles. The Morgan fingerprint density at radius 1 is 0.892 bits per heavy atom. The zero-order chi connectivity index (χ0) is 26.4. The number of nitrogens with one attached hydrogen (secondary N) is 3. The van der Waals surface area contributed by atoms with Crippen LogP contribution in [0.4, 0.5) is 11.4 Å². The molecule has 4 rings (SSSR count). The molecule has 190 valence electrons. The minimum Gasteiger partial charge on any atom is -0.481 e. The first-order valence-electron chi connectivity index (χ1n) is 12.1. The first-order chi connectivity index (χ1) is 17.8. The van der Waals surface area contributed by atoms with Gasteiger partial charge in [0.2, 0.25) is 5.91 Å². The van der Waals surface area contributed by atoms with Crippen LogP contribution in [0.25, 0.3) is 22.3 Å². The molecule has 8 heteroatoms. The molecule has 1 unspecified atom stereocenters. The lowest BCUT2D eigenvalue weighted by Crippen LogP contribution is -2.38. The lowest BCUT2D eigenvalue weighted by Gasteiger charge is -2.23. The number of fused-ring (bicyclic) bond motifs is 1. The van der Waals surface area contributed by atoms with E-state index in [1.807, 2.05) is 68.4 Å². The largest absolute Gasteiger partial charge is 0.481 e. The van der Waals surface area contributed by atoms with E-state index in [1.165, 1.54) is 0 Å². The molecule has 0 bridgehead atoms. The predicted octanol–water partition coefficient (Wildman–Crippen LogP) is 5.38. The topological polar surface area (TPSA) is 121 Å². The minimum absolute atomic E-state index is 0.00573. The average molecular weight is 500 g/mol. The smallest absolute Gasteiger partial charge is 0.305 e. The van der Waals surface area contributed by atoms with Gasteiger partial charge in [0.05, 0.1) is 6.42 Å². The SMILES string of the molecule is CC(C)C(Nc1ccc(C(=O)NCCC(=O)O)cc1)C(=O)Nc1ccc(-c2cc3ccccc3o2)cc1. The predicted molar refractivity (Wildman–Crippen MR) is 144 cm³/mol. The van der Waals surface area contributed by atoms with E-state index >= 15 is 0 Å². The van der Waals surface area contributed by atoms with Crippen LogP contribution in [0.1, 0.15) is 30.6 Å². The van der Waals surface area contributed by atoms with Gasteiger partial charge in [0.1, 0.15) is 17.4 Å². The fourth-order valence-electron chi connectivity index (χ4n) is 3.88. The van der Waals surface area contributed by atoms with E-state index in [0.717, 1.165) is 22.3 Å². The summed E-state index contributed by atoms with van der Waals surface area (Å²) in [6.45, 7) is 3.96. The van der Waals surface area contributed by atoms with E-state index in [0.29, 0.717) is 16.9 Å². The Bertz CT molecular complexity index is 1360. The number of hydrogen-bond acceptors (Lipinski definition) is 5. The van der Waals surface area contributed by atoms with Crippen LogP contribution < -0.4 is 16.0 Å². The maximum Gasteiger partial charge on any atom is 0.305 e. The van der Waals surface area contributed by atoms with E-state index in [9.17, 15) is 14.4 Å². The summed E-state index contributed by atoms with van der Waals surface area (Å²) in [7, 11) is 0. The first kappa shape index (κ1) is 25.5. The van der Waals surface area contributed by atoms with Crippen LogP contribution >= 0.6 is 0 Å². The van der Waals surface area contributed by atoms with Gasteiger partial charge >= 0.3 is 5.97 Å². The molecule has 0 aliphatic heterocycles. The van der Waals surface area contributed by atoms with Crippen molar-refractivity contribution in [1.82, 2.24) is 5.32 Å². The van der Waals surface area contributed by atoms with Gasteiger partial charge in [-0.05, 0) is 66.6 Å². The summed E-state index contributed by atoms with van der Waals surface area (Å²) in [4.78, 5) is 35.8. The van der Waals surface area contributed by atoms with Gasteiger partial charge in [-0.3, -0.25) is 14.4 Å². The molecule has 0 fully saturated rings. The van der Waals surface area contributed by atoms with Gasteiger partial charge in [0.15, 0.2) is 0 Å². The normalized spacial score (nSPS) is 11.8. The number of carboxylic acids is 1. The van der Waals surface area contributed by atoms with Gasteiger partial charge in [-0.15, -0.1) is 0 Å². The molecule has 4 N–H and O–H groups in total. The molecular weight excluding hydrogens is 470 g/mol. The third-order valence-electron chi connectivity index (χ3n) is 5.91. The monoisotopic (exact) mass is 499 g/mol. The maximum absolute atomic E-state index is 13.1. The summed E-state index contributed by atoms with van der Waals surface area (Å²) >= 11 is 0. The fourth-order valence-corrected chi connectivity index (χ4v) is 3.88. The quantitative estimate of drug-likeness (QED) is 0.233. The number of benzene rings is 3. The standard InChI is InChI=1S/C29H29N3O5/c1-18(2)27(31-22-13-9-20(10-14-22)28(35)30-16-15-26(33)34)29(36)32-23-11-7-19(8-12-23)25-17-21-5-3-4-6-24(21)37-25/h3-14,17-18,27,31H,15-16H2,1-2H3,(H,30,35)(H,32,36)(H,33,34). The Morgan fingerprint density at radius 3 is 2.22 bits per heavy atom. The van der Waals surface area contributed by atoms with Crippen molar-refractivity contribution in [2.45, 2.75) is 26.3 Å². The number of amides is 2. The van der Waals surface area contributed by atoms with Crippen molar-refractivity contribution in [3.63, 3.8) is 0 Å². The van der Waals surface area contributed by atoms with E-state index in [-0.39, 0.29) is 30.7 Å². The summed E-state index contributed by atoms with van der Waals surface area (Å²) in [5.41, 5.74) is 3.51. The Balaban J connectivity index is 1.37. The van der Waals surface area contributed by atoms with Crippen molar-refractivity contribution in [1.29, 1.82) is 0 Å². The number of para-hydroxylation sites is 1. The van der Waals surface area contributed by atoms with Crippen LogP contribution in [0.3, 0.4) is 0 Å². The molecule has 0 saturated carbocycles. The second-order valence-electron chi connectivity index (χ2n) is 9.06. The van der Waals surface area contributed by atoms with Crippen LogP contribution in [-0.2, 0) is 9.59 Å². The number of carbonyl (C=O) groups is 3. The molecule has 0 spiro atoms. The van der Waals surface area contributed by atoms with Crippen molar-refractivity contribution in [2.24, 2.45) is 5.92 Å². The average Bonchev–Trinajstić information content (AvgIpc) is 3.32. The maximum atomic E-state index is 13.1. The van der Waals surface area contributed by atoms with Gasteiger partial charge in [0, 0.05) is 34.4 Å². The molecule has 0 aliphatic rings. The lowest BCUT2D eigenvalue weighted by atomic mass is 10.0. The molecule has 2 amide bonds. The number of aliphatic carboxylic acids is 1. The van der Waals surface area contributed by atoms with E-state index < -0.39 is 12.0 Å². The van der Waals surface area contributed by atoms with Crippen molar-refractivity contribution in [3.8, 4) is 11.3 Å². The summed E-state index contributed by atoms with van der Waals surface area (Å²) in [6, 6.07) is 23.5. The Labute approximate surface area is 214 Å². The molecular formula is C29H29N3O5. The second kappa shape index (κ2) is 11.4. The van der Waals surface area contributed by atoms with E-state index in [1.54, 1.807) is 24.3 Å². The number of anilines is 2. The van der Waals surface area contributed by atoms with Crippen LogP contribution in [0.15, 0.2) is 83.3 Å².